The Labute approximate surface area is 209 Å². The van der Waals surface area contributed by atoms with Crippen molar-refractivity contribution >= 4 is 34.7 Å². The number of alkyl halides is 5. The number of imidazole rings is 1. The van der Waals surface area contributed by atoms with Crippen LogP contribution < -0.4 is 16.0 Å². The van der Waals surface area contributed by atoms with Crippen molar-refractivity contribution in [1.29, 1.82) is 0 Å². The van der Waals surface area contributed by atoms with Gasteiger partial charge >= 0.3 is 6.18 Å². The van der Waals surface area contributed by atoms with Crippen molar-refractivity contribution in [1.82, 2.24) is 14.7 Å². The molecule has 3 N–H and O–H groups in total. The maximum Gasteiger partial charge on any atom is 0.434 e. The molecule has 12 heteroatoms. The van der Waals surface area contributed by atoms with Crippen LogP contribution in [-0.2, 0) is 6.18 Å². The Hall–Kier alpha value is -3.08. The number of fused-ring (bicyclic) bond motifs is 1. The molecule has 1 aromatic carbocycles. The molecular weight excluding hydrogens is 505 g/mol. The lowest BCUT2D eigenvalue weighted by Gasteiger charge is -2.30. The highest BCUT2D eigenvalue weighted by molar-refractivity contribution is 6.34. The first-order chi connectivity index (χ1) is 17.1. The van der Waals surface area contributed by atoms with Crippen LogP contribution in [0.2, 0.25) is 5.02 Å². The van der Waals surface area contributed by atoms with Gasteiger partial charge in [-0.2, -0.15) is 13.2 Å². The van der Waals surface area contributed by atoms with E-state index in [-0.39, 0.29) is 41.6 Å². The van der Waals surface area contributed by atoms with Gasteiger partial charge in [0.2, 0.25) is 6.43 Å². The van der Waals surface area contributed by atoms with E-state index in [1.54, 1.807) is 24.3 Å². The number of carbonyl (C=O) groups excluding carboxylic acids is 1. The SMILES string of the molecule is O=C(NC1CCC(Nc2cccc3nc(C(F)(F)F)cn23)CC1)c1ccc(NCCC(F)F)cc1Cl. The Morgan fingerprint density at radius 3 is 2.50 bits per heavy atom. The molecule has 0 spiro atoms. The van der Waals surface area contributed by atoms with E-state index >= 15 is 0 Å². The van der Waals surface area contributed by atoms with Crippen LogP contribution in [0.15, 0.2) is 42.6 Å². The monoisotopic (exact) mass is 529 g/mol. The largest absolute Gasteiger partial charge is 0.434 e. The number of hydrogen-bond donors (Lipinski definition) is 3. The molecule has 1 fully saturated rings. The molecule has 1 amide bonds. The van der Waals surface area contributed by atoms with Crippen molar-refractivity contribution < 1.29 is 26.7 Å². The molecule has 0 saturated heterocycles. The molecule has 1 aliphatic carbocycles. The van der Waals surface area contributed by atoms with Crippen molar-refractivity contribution in [3.63, 3.8) is 0 Å². The van der Waals surface area contributed by atoms with Gasteiger partial charge < -0.3 is 16.0 Å². The van der Waals surface area contributed by atoms with E-state index in [2.05, 4.69) is 20.9 Å². The summed E-state index contributed by atoms with van der Waals surface area (Å²) >= 11 is 6.24. The number of aromatic nitrogens is 2. The first kappa shape index (κ1) is 26.0. The fourth-order valence-electron chi connectivity index (χ4n) is 4.25. The second-order valence-electron chi connectivity index (χ2n) is 8.73. The third-order valence-electron chi connectivity index (χ3n) is 6.10. The van der Waals surface area contributed by atoms with Crippen molar-refractivity contribution in [2.45, 2.75) is 56.8 Å². The Morgan fingerprint density at radius 2 is 1.83 bits per heavy atom. The van der Waals surface area contributed by atoms with Crippen molar-refractivity contribution in [3.8, 4) is 0 Å². The van der Waals surface area contributed by atoms with Crippen molar-refractivity contribution in [3.05, 3.63) is 58.9 Å². The molecular formula is C24H25ClF5N5O. The molecule has 36 heavy (non-hydrogen) atoms. The molecule has 4 rings (SSSR count). The summed E-state index contributed by atoms with van der Waals surface area (Å²) in [6.45, 7) is 0.0929. The summed E-state index contributed by atoms with van der Waals surface area (Å²) in [5, 5.41) is 9.34. The third-order valence-corrected chi connectivity index (χ3v) is 6.42. The Bertz CT molecular complexity index is 1210. The van der Waals surface area contributed by atoms with Gasteiger partial charge in [-0.1, -0.05) is 17.7 Å². The minimum absolute atomic E-state index is 0.0303. The number of nitrogens with one attached hydrogen (secondary N) is 3. The van der Waals surface area contributed by atoms with Crippen LogP contribution in [0.5, 0.6) is 0 Å². The second kappa shape index (κ2) is 10.9. The van der Waals surface area contributed by atoms with E-state index < -0.39 is 18.3 Å². The first-order valence-corrected chi connectivity index (χ1v) is 11.9. The van der Waals surface area contributed by atoms with Crippen LogP contribution in [0.3, 0.4) is 0 Å². The minimum atomic E-state index is -4.52. The predicted octanol–water partition coefficient (Wildman–Crippen LogP) is 6.23. The van der Waals surface area contributed by atoms with E-state index in [4.69, 9.17) is 11.6 Å². The van der Waals surface area contributed by atoms with Crippen LogP contribution in [0.1, 0.15) is 48.2 Å². The fraction of sp³-hybridized carbons (Fsp3) is 0.417. The van der Waals surface area contributed by atoms with Gasteiger partial charge in [-0.15, -0.1) is 0 Å². The van der Waals surface area contributed by atoms with Gasteiger partial charge in [0.25, 0.3) is 5.91 Å². The van der Waals surface area contributed by atoms with Gasteiger partial charge in [0, 0.05) is 36.9 Å². The zero-order valence-corrected chi connectivity index (χ0v) is 19.8. The van der Waals surface area contributed by atoms with Gasteiger partial charge in [-0.05, 0) is 56.0 Å². The van der Waals surface area contributed by atoms with Crippen molar-refractivity contribution in [2.24, 2.45) is 0 Å². The zero-order chi connectivity index (χ0) is 25.9. The molecule has 0 unspecified atom stereocenters. The van der Waals surface area contributed by atoms with Gasteiger partial charge in [-0.3, -0.25) is 9.20 Å². The lowest BCUT2D eigenvalue weighted by Crippen LogP contribution is -2.40. The van der Waals surface area contributed by atoms with Gasteiger partial charge in [-0.25, -0.2) is 13.8 Å². The summed E-state index contributed by atoms with van der Waals surface area (Å²) < 4.78 is 65.1. The van der Waals surface area contributed by atoms with E-state index in [0.717, 1.165) is 6.20 Å². The number of pyridine rings is 1. The Kier molecular flexibility index (Phi) is 7.87. The topological polar surface area (TPSA) is 70.5 Å². The normalized spacial score (nSPS) is 18.4. The molecule has 2 heterocycles. The molecule has 0 atom stereocenters. The molecule has 0 bridgehead atoms. The van der Waals surface area contributed by atoms with Crippen LogP contribution in [0.4, 0.5) is 33.5 Å². The lowest BCUT2D eigenvalue weighted by molar-refractivity contribution is -0.140. The molecule has 0 aliphatic heterocycles. The summed E-state index contributed by atoms with van der Waals surface area (Å²) in [7, 11) is 0. The summed E-state index contributed by atoms with van der Waals surface area (Å²) in [6.07, 6.45) is -3.44. The number of benzene rings is 1. The minimum Gasteiger partial charge on any atom is -0.385 e. The lowest BCUT2D eigenvalue weighted by atomic mass is 9.91. The number of rotatable bonds is 8. The molecule has 1 saturated carbocycles. The molecule has 3 aromatic rings. The number of carbonyl (C=O) groups is 1. The van der Waals surface area contributed by atoms with Crippen LogP contribution in [0, 0.1) is 0 Å². The molecule has 1 aliphatic rings. The zero-order valence-electron chi connectivity index (χ0n) is 19.1. The first-order valence-electron chi connectivity index (χ1n) is 11.5. The average molecular weight is 530 g/mol. The van der Waals surface area contributed by atoms with Gasteiger partial charge in [0.05, 0.1) is 10.6 Å². The molecule has 2 aromatic heterocycles. The van der Waals surface area contributed by atoms with Gasteiger partial charge in [0.15, 0.2) is 5.69 Å². The van der Waals surface area contributed by atoms with Crippen LogP contribution in [-0.4, -0.2) is 40.3 Å². The van der Waals surface area contributed by atoms with Crippen LogP contribution in [0.25, 0.3) is 5.65 Å². The standard InChI is InChI=1S/C24H25ClF5N5O/c25-18-12-16(31-11-10-20(26)27)8-9-17(18)23(36)33-15-6-4-14(5-7-15)32-21-2-1-3-22-34-19(13-35(21)22)24(28,29)30/h1-3,8-9,12-15,20,31-32H,4-7,10-11H2,(H,33,36). The summed E-state index contributed by atoms with van der Waals surface area (Å²) in [5.74, 6) is 0.204. The second-order valence-corrected chi connectivity index (χ2v) is 9.14. The highest BCUT2D eigenvalue weighted by Gasteiger charge is 2.34. The van der Waals surface area contributed by atoms with Crippen molar-refractivity contribution in [2.75, 3.05) is 17.2 Å². The maximum atomic E-state index is 13.0. The quantitative estimate of drug-likeness (QED) is 0.303. The number of hydrogen-bond acceptors (Lipinski definition) is 4. The van der Waals surface area contributed by atoms with E-state index in [1.165, 1.54) is 16.5 Å². The van der Waals surface area contributed by atoms with E-state index in [1.807, 2.05) is 0 Å². The molecule has 0 radical (unpaired) electrons. The number of anilines is 2. The highest BCUT2D eigenvalue weighted by Crippen LogP contribution is 2.30. The predicted molar refractivity (Wildman–Crippen MR) is 128 cm³/mol. The summed E-state index contributed by atoms with van der Waals surface area (Å²) in [4.78, 5) is 16.4. The average Bonchev–Trinajstić information content (AvgIpc) is 3.26. The van der Waals surface area contributed by atoms with Gasteiger partial charge in [0.1, 0.15) is 11.5 Å². The Balaban J connectivity index is 1.30. The van der Waals surface area contributed by atoms with E-state index in [9.17, 15) is 26.7 Å². The number of nitrogens with zero attached hydrogens (tertiary/aromatic N) is 2. The number of halogens is 6. The highest BCUT2D eigenvalue weighted by atomic mass is 35.5. The smallest absolute Gasteiger partial charge is 0.385 e. The fourth-order valence-corrected chi connectivity index (χ4v) is 4.52. The molecule has 194 valence electrons. The maximum absolute atomic E-state index is 13.0. The van der Waals surface area contributed by atoms with Crippen LogP contribution >= 0.6 is 11.6 Å². The summed E-state index contributed by atoms with van der Waals surface area (Å²) in [5.41, 5.74) is 0.113. The Morgan fingerprint density at radius 1 is 1.11 bits per heavy atom. The third kappa shape index (κ3) is 6.37. The molecule has 6 nitrogen and oxygen atoms in total. The number of amides is 1. The van der Waals surface area contributed by atoms with E-state index in [0.29, 0.717) is 42.8 Å². The summed E-state index contributed by atoms with van der Waals surface area (Å²) in [6, 6.07) is 9.54.